The summed E-state index contributed by atoms with van der Waals surface area (Å²) in [6.07, 6.45) is 1.55. The molecule has 3 aromatic rings. The van der Waals surface area contributed by atoms with Crippen molar-refractivity contribution < 1.29 is 18.8 Å². The van der Waals surface area contributed by atoms with E-state index in [9.17, 15) is 19.3 Å². The lowest BCUT2D eigenvalue weighted by atomic mass is 10.1. The third-order valence-corrected chi connectivity index (χ3v) is 6.25. The van der Waals surface area contributed by atoms with Crippen LogP contribution in [0.1, 0.15) is 16.7 Å². The van der Waals surface area contributed by atoms with Crippen LogP contribution in [0.25, 0.3) is 6.08 Å². The monoisotopic (exact) mass is 480 g/mol. The third kappa shape index (κ3) is 4.94. The van der Waals surface area contributed by atoms with Crippen LogP contribution in [0.2, 0.25) is 0 Å². The number of hydrogen-bond donors (Lipinski definition) is 0. The standard InChI is InChI=1S/C24H17FN2O4S2/c1-15-4-2-3-5-20(15)26-23(28)22(33-24(26)32)13-17-12-19(27(29)30)10-11-21(17)31-14-16-6-8-18(25)9-7-16/h2-13H,14H2,1H3/b22-13+. The van der Waals surface area contributed by atoms with E-state index in [-0.39, 0.29) is 24.0 Å². The van der Waals surface area contributed by atoms with Crippen LogP contribution >= 0.6 is 24.0 Å². The van der Waals surface area contributed by atoms with E-state index >= 15 is 0 Å². The maximum absolute atomic E-state index is 13.2. The molecule has 1 saturated heterocycles. The number of carbonyl (C=O) groups excluding carboxylic acids is 1. The fourth-order valence-corrected chi connectivity index (χ4v) is 4.54. The lowest BCUT2D eigenvalue weighted by Gasteiger charge is -2.16. The number of nitro benzene ring substituents is 1. The highest BCUT2D eigenvalue weighted by Gasteiger charge is 2.34. The number of anilines is 1. The molecule has 0 radical (unpaired) electrons. The molecule has 0 spiro atoms. The van der Waals surface area contributed by atoms with Crippen molar-refractivity contribution in [2.24, 2.45) is 0 Å². The minimum Gasteiger partial charge on any atom is -0.488 e. The van der Waals surface area contributed by atoms with Crippen molar-refractivity contribution in [1.82, 2.24) is 0 Å². The van der Waals surface area contributed by atoms with E-state index in [4.69, 9.17) is 17.0 Å². The van der Waals surface area contributed by atoms with Gasteiger partial charge in [-0.25, -0.2) is 4.39 Å². The quantitative estimate of drug-likeness (QED) is 0.186. The first-order valence-corrected chi connectivity index (χ1v) is 11.1. The molecule has 1 amide bonds. The average molecular weight is 481 g/mol. The fraction of sp³-hybridized carbons (Fsp3) is 0.0833. The van der Waals surface area contributed by atoms with Crippen molar-refractivity contribution in [1.29, 1.82) is 0 Å². The number of amides is 1. The Bertz CT molecular complexity index is 1290. The molecule has 0 atom stereocenters. The number of para-hydroxylation sites is 1. The van der Waals surface area contributed by atoms with Crippen molar-refractivity contribution in [3.8, 4) is 5.75 Å². The number of thioether (sulfide) groups is 1. The number of halogens is 1. The first-order chi connectivity index (χ1) is 15.8. The van der Waals surface area contributed by atoms with Gasteiger partial charge in [0.2, 0.25) is 0 Å². The Morgan fingerprint density at radius 3 is 2.58 bits per heavy atom. The minimum atomic E-state index is -0.514. The first kappa shape index (κ1) is 22.6. The topological polar surface area (TPSA) is 72.7 Å². The second-order valence-electron chi connectivity index (χ2n) is 7.20. The number of carbonyl (C=O) groups is 1. The molecule has 0 aromatic heterocycles. The summed E-state index contributed by atoms with van der Waals surface area (Å²) in [7, 11) is 0. The van der Waals surface area contributed by atoms with Crippen LogP contribution in [-0.2, 0) is 11.4 Å². The molecule has 0 unspecified atom stereocenters. The van der Waals surface area contributed by atoms with Crippen molar-refractivity contribution in [2.75, 3.05) is 4.90 Å². The Morgan fingerprint density at radius 2 is 1.88 bits per heavy atom. The smallest absolute Gasteiger partial charge is 0.270 e. The molecular formula is C24H17FN2O4S2. The van der Waals surface area contributed by atoms with E-state index in [1.165, 1.54) is 35.2 Å². The zero-order valence-electron chi connectivity index (χ0n) is 17.4. The highest BCUT2D eigenvalue weighted by molar-refractivity contribution is 8.27. The summed E-state index contributed by atoms with van der Waals surface area (Å²) in [5, 5.41) is 11.3. The second kappa shape index (κ2) is 9.51. The van der Waals surface area contributed by atoms with Gasteiger partial charge in [-0.1, -0.05) is 54.3 Å². The fourth-order valence-electron chi connectivity index (χ4n) is 3.27. The molecule has 1 heterocycles. The number of nitro groups is 1. The van der Waals surface area contributed by atoms with Crippen LogP contribution in [0.3, 0.4) is 0 Å². The average Bonchev–Trinajstić information content (AvgIpc) is 3.07. The normalized spacial score (nSPS) is 14.7. The lowest BCUT2D eigenvalue weighted by molar-refractivity contribution is -0.384. The number of aryl methyl sites for hydroxylation is 1. The molecule has 1 aliphatic rings. The van der Waals surface area contributed by atoms with Crippen molar-refractivity contribution in [2.45, 2.75) is 13.5 Å². The number of rotatable bonds is 6. The maximum atomic E-state index is 13.2. The van der Waals surface area contributed by atoms with Gasteiger partial charge in [-0.05, 0) is 48.4 Å². The summed E-state index contributed by atoms with van der Waals surface area (Å²) in [5.74, 6) is -0.313. The molecule has 0 N–H and O–H groups in total. The van der Waals surface area contributed by atoms with Crippen LogP contribution in [0.15, 0.2) is 71.6 Å². The summed E-state index contributed by atoms with van der Waals surface area (Å²) in [5.41, 5.74) is 2.55. The van der Waals surface area contributed by atoms with E-state index in [1.807, 2.05) is 31.2 Å². The Balaban J connectivity index is 1.66. The van der Waals surface area contributed by atoms with Crippen molar-refractivity contribution in [3.05, 3.63) is 104 Å². The molecule has 33 heavy (non-hydrogen) atoms. The van der Waals surface area contributed by atoms with Crippen LogP contribution in [0, 0.1) is 22.9 Å². The summed E-state index contributed by atoms with van der Waals surface area (Å²) in [6.45, 7) is 2.02. The minimum absolute atomic E-state index is 0.128. The maximum Gasteiger partial charge on any atom is 0.270 e. The van der Waals surface area contributed by atoms with E-state index in [0.29, 0.717) is 26.2 Å². The highest BCUT2D eigenvalue weighted by atomic mass is 32.2. The van der Waals surface area contributed by atoms with Crippen molar-refractivity contribution >= 4 is 51.7 Å². The van der Waals surface area contributed by atoms with Crippen LogP contribution in [-0.4, -0.2) is 15.2 Å². The van der Waals surface area contributed by atoms with Crippen LogP contribution in [0.4, 0.5) is 15.8 Å². The van der Waals surface area contributed by atoms with Crippen molar-refractivity contribution in [3.63, 3.8) is 0 Å². The molecule has 1 aliphatic heterocycles. The summed E-state index contributed by atoms with van der Waals surface area (Å²) >= 11 is 6.56. The zero-order valence-corrected chi connectivity index (χ0v) is 19.0. The van der Waals surface area contributed by atoms with Gasteiger partial charge in [0.25, 0.3) is 11.6 Å². The lowest BCUT2D eigenvalue weighted by Crippen LogP contribution is -2.28. The predicted octanol–water partition coefficient (Wildman–Crippen LogP) is 6.03. The molecule has 4 rings (SSSR count). The van der Waals surface area contributed by atoms with Gasteiger partial charge < -0.3 is 4.74 Å². The second-order valence-corrected chi connectivity index (χ2v) is 8.87. The third-order valence-electron chi connectivity index (χ3n) is 4.95. The zero-order chi connectivity index (χ0) is 23.5. The van der Waals surface area contributed by atoms with E-state index < -0.39 is 4.92 Å². The molecular weight excluding hydrogens is 463 g/mol. The summed E-state index contributed by atoms with van der Waals surface area (Å²) < 4.78 is 19.4. The summed E-state index contributed by atoms with van der Waals surface area (Å²) in [4.78, 5) is 25.7. The molecule has 6 nitrogen and oxygen atoms in total. The van der Waals surface area contributed by atoms with Crippen LogP contribution < -0.4 is 9.64 Å². The first-order valence-electron chi connectivity index (χ1n) is 9.83. The van der Waals surface area contributed by atoms with Gasteiger partial charge >= 0.3 is 0 Å². The van der Waals surface area contributed by atoms with Gasteiger partial charge in [-0.2, -0.15) is 0 Å². The van der Waals surface area contributed by atoms with Gasteiger partial charge in [0.05, 0.1) is 15.5 Å². The SMILES string of the molecule is Cc1ccccc1N1C(=O)/C(=C\c2cc([N+](=O)[O-])ccc2OCc2ccc(F)cc2)SC1=S. The number of thiocarbonyl (C=S) groups is 1. The predicted molar refractivity (Wildman–Crippen MR) is 131 cm³/mol. The summed E-state index contributed by atoms with van der Waals surface area (Å²) in [6, 6.07) is 17.4. The number of ether oxygens (including phenoxy) is 1. The Labute approximate surface area is 198 Å². The molecule has 3 aromatic carbocycles. The number of benzene rings is 3. The highest BCUT2D eigenvalue weighted by Crippen LogP contribution is 2.38. The Morgan fingerprint density at radius 1 is 1.15 bits per heavy atom. The van der Waals surface area contributed by atoms with Gasteiger partial charge in [0, 0.05) is 17.7 Å². The van der Waals surface area contributed by atoms with E-state index in [1.54, 1.807) is 18.2 Å². The van der Waals surface area contributed by atoms with Gasteiger partial charge in [-0.3, -0.25) is 19.8 Å². The Hall–Kier alpha value is -3.56. The van der Waals surface area contributed by atoms with Gasteiger partial charge in [-0.15, -0.1) is 0 Å². The van der Waals surface area contributed by atoms with Gasteiger partial charge in [0.15, 0.2) is 4.32 Å². The number of non-ortho nitro benzene ring substituents is 1. The largest absolute Gasteiger partial charge is 0.488 e. The van der Waals surface area contributed by atoms with Gasteiger partial charge in [0.1, 0.15) is 18.2 Å². The molecule has 9 heteroatoms. The Kier molecular flexibility index (Phi) is 6.52. The van der Waals surface area contributed by atoms with E-state index in [0.717, 1.165) is 22.9 Å². The van der Waals surface area contributed by atoms with E-state index in [2.05, 4.69) is 0 Å². The molecule has 1 fully saturated rings. The number of nitrogens with zero attached hydrogens (tertiary/aromatic N) is 2. The number of hydrogen-bond acceptors (Lipinski definition) is 6. The molecule has 166 valence electrons. The molecule has 0 aliphatic carbocycles. The molecule has 0 saturated carbocycles. The van der Waals surface area contributed by atoms with Crippen LogP contribution in [0.5, 0.6) is 5.75 Å². The molecule has 0 bridgehead atoms.